The second kappa shape index (κ2) is 9.99. The van der Waals surface area contributed by atoms with Crippen LogP contribution in [0.25, 0.3) is 0 Å². The van der Waals surface area contributed by atoms with Crippen molar-refractivity contribution in [1.82, 2.24) is 15.2 Å². The zero-order chi connectivity index (χ0) is 20.6. The summed E-state index contributed by atoms with van der Waals surface area (Å²) in [5, 5.41) is 21.5. The third-order valence-corrected chi connectivity index (χ3v) is 4.69. The molecule has 0 aromatic heterocycles. The average Bonchev–Trinajstić information content (AvgIpc) is 3.19. The summed E-state index contributed by atoms with van der Waals surface area (Å²) in [4.78, 5) is 14.5. The van der Waals surface area contributed by atoms with Gasteiger partial charge in [0.25, 0.3) is 0 Å². The van der Waals surface area contributed by atoms with E-state index in [1.165, 1.54) is 0 Å². The van der Waals surface area contributed by atoms with Crippen LogP contribution in [0.15, 0.2) is 53.6 Å². The smallest absolute Gasteiger partial charge is 0.320 e. The number of β-amino-alcohol motifs (C(OH)–C–C–N with tert-alkyl or cyclic N) is 1. The van der Waals surface area contributed by atoms with Crippen molar-refractivity contribution in [3.63, 3.8) is 0 Å². The molecular weight excluding hydrogens is 394 g/mol. The van der Waals surface area contributed by atoms with E-state index in [9.17, 15) is 4.79 Å². The Kier molecular flexibility index (Phi) is 7.15. The van der Waals surface area contributed by atoms with Gasteiger partial charge in [0.15, 0.2) is 0 Å². The van der Waals surface area contributed by atoms with Crippen LogP contribution in [0.2, 0.25) is 5.02 Å². The first-order chi connectivity index (χ1) is 14.1. The maximum atomic E-state index is 12.6. The number of anilines is 1. The number of carbonyl (C=O) groups excluding carboxylic acids is 1. The number of hydrogen-bond acceptors (Lipinski definition) is 6. The lowest BCUT2D eigenvalue weighted by molar-refractivity contribution is 0.153. The van der Waals surface area contributed by atoms with Crippen molar-refractivity contribution in [2.45, 2.75) is 12.6 Å². The summed E-state index contributed by atoms with van der Waals surface area (Å²) in [6.07, 6.45) is 1.91. The number of hydrogen-bond donors (Lipinski definition) is 3. The quantitative estimate of drug-likeness (QED) is 0.614. The monoisotopic (exact) mass is 417 g/mol. The van der Waals surface area contributed by atoms with Crippen LogP contribution in [0, 0.1) is 0 Å². The minimum atomic E-state index is -0.333. The van der Waals surface area contributed by atoms with Gasteiger partial charge in [-0.3, -0.25) is 5.01 Å². The number of aliphatic hydroxyl groups excluding tert-OH is 1. The lowest BCUT2D eigenvalue weighted by Gasteiger charge is -2.29. The van der Waals surface area contributed by atoms with Crippen molar-refractivity contribution in [3.8, 4) is 5.75 Å². The molecule has 1 aliphatic heterocycles. The van der Waals surface area contributed by atoms with Gasteiger partial charge in [-0.15, -0.1) is 0 Å². The van der Waals surface area contributed by atoms with Crippen molar-refractivity contribution >= 4 is 29.7 Å². The second-order valence-electron chi connectivity index (χ2n) is 6.51. The number of benzene rings is 2. The molecule has 154 valence electrons. The Balaban J connectivity index is 1.68. The van der Waals surface area contributed by atoms with Gasteiger partial charge in [0.1, 0.15) is 24.9 Å². The Morgan fingerprint density at radius 2 is 1.97 bits per heavy atom. The maximum Gasteiger partial charge on any atom is 0.320 e. The number of nitrogens with zero attached hydrogens (tertiary/aromatic N) is 3. The molecule has 0 bridgehead atoms. The molecule has 2 amide bonds. The highest BCUT2D eigenvalue weighted by atomic mass is 35.5. The molecule has 2 aromatic rings. The first kappa shape index (κ1) is 20.8. The van der Waals surface area contributed by atoms with E-state index in [0.29, 0.717) is 30.3 Å². The molecule has 1 aliphatic rings. The van der Waals surface area contributed by atoms with Gasteiger partial charge in [-0.25, -0.2) is 4.79 Å². The number of urea groups is 1. The second-order valence-corrected chi connectivity index (χ2v) is 6.95. The molecule has 29 heavy (non-hydrogen) atoms. The summed E-state index contributed by atoms with van der Waals surface area (Å²) in [7, 11) is 1.62. The first-order valence-electron chi connectivity index (χ1n) is 9.19. The molecule has 3 rings (SSSR count). The lowest BCUT2D eigenvalue weighted by Crippen LogP contribution is -2.50. The van der Waals surface area contributed by atoms with Crippen LogP contribution in [-0.4, -0.2) is 60.5 Å². The van der Waals surface area contributed by atoms with Gasteiger partial charge in [0, 0.05) is 17.1 Å². The number of carbonyl (C=O) groups is 1. The molecule has 9 heteroatoms. The largest absolute Gasteiger partial charge is 0.497 e. The first-order valence-corrected chi connectivity index (χ1v) is 9.57. The van der Waals surface area contributed by atoms with Gasteiger partial charge >= 0.3 is 6.03 Å². The highest BCUT2D eigenvalue weighted by Crippen LogP contribution is 2.16. The number of ether oxygens (including phenoxy) is 1. The molecule has 0 radical (unpaired) electrons. The molecule has 1 heterocycles. The zero-order valence-electron chi connectivity index (χ0n) is 16.1. The topological polar surface area (TPSA) is 89.4 Å². The van der Waals surface area contributed by atoms with Crippen LogP contribution in [0.1, 0.15) is 5.56 Å². The van der Waals surface area contributed by atoms with Crippen molar-refractivity contribution in [1.29, 1.82) is 0 Å². The summed E-state index contributed by atoms with van der Waals surface area (Å²) < 4.78 is 5.20. The van der Waals surface area contributed by atoms with Gasteiger partial charge in [0.05, 0.1) is 20.3 Å². The van der Waals surface area contributed by atoms with Gasteiger partial charge in [0.2, 0.25) is 0 Å². The number of halogens is 1. The Labute approximate surface area is 174 Å². The average molecular weight is 418 g/mol. The standard InChI is InChI=1S/C20H24ClN5O3/c1-29-18-8-2-15(3-9-18)12-19(25-13-22-26(14-25)10-11-27)24-20(28)23-17-6-4-16(21)5-7-17/h2-9,13,19,27H,10-12,14H2,1H3,(H2,23,24,28)/t19-/m0/s1. The van der Waals surface area contributed by atoms with E-state index in [4.69, 9.17) is 21.4 Å². The molecule has 0 saturated carbocycles. The molecule has 0 spiro atoms. The summed E-state index contributed by atoms with van der Waals surface area (Å²) in [5.74, 6) is 0.774. The normalized spacial score (nSPS) is 14.0. The highest BCUT2D eigenvalue weighted by molar-refractivity contribution is 6.30. The Morgan fingerprint density at radius 1 is 1.24 bits per heavy atom. The Hall–Kier alpha value is -2.97. The van der Waals surface area contributed by atoms with E-state index in [-0.39, 0.29) is 18.8 Å². The molecule has 0 unspecified atom stereocenters. The maximum absolute atomic E-state index is 12.6. The van der Waals surface area contributed by atoms with Crippen molar-refractivity contribution in [3.05, 3.63) is 59.1 Å². The van der Waals surface area contributed by atoms with Crippen molar-refractivity contribution in [2.24, 2.45) is 5.10 Å². The minimum absolute atomic E-state index is 0.0127. The fourth-order valence-electron chi connectivity index (χ4n) is 2.91. The summed E-state index contributed by atoms with van der Waals surface area (Å²) in [6, 6.07) is 14.3. The van der Waals surface area contributed by atoms with Gasteiger partial charge in [-0.05, 0) is 42.0 Å². The Bertz CT molecular complexity index is 829. The van der Waals surface area contributed by atoms with E-state index < -0.39 is 0 Å². The number of methoxy groups -OCH3 is 1. The number of aliphatic hydroxyl groups is 1. The van der Waals surface area contributed by atoms with Crippen LogP contribution >= 0.6 is 11.6 Å². The zero-order valence-corrected chi connectivity index (χ0v) is 16.8. The van der Waals surface area contributed by atoms with Gasteiger partial charge in [-0.2, -0.15) is 5.10 Å². The third-order valence-electron chi connectivity index (χ3n) is 4.44. The van der Waals surface area contributed by atoms with Crippen LogP contribution in [0.3, 0.4) is 0 Å². The highest BCUT2D eigenvalue weighted by Gasteiger charge is 2.24. The summed E-state index contributed by atoms with van der Waals surface area (Å²) in [6.45, 7) is 0.917. The summed E-state index contributed by atoms with van der Waals surface area (Å²) >= 11 is 5.89. The molecule has 0 aliphatic carbocycles. The fraction of sp³-hybridized carbons (Fsp3) is 0.300. The van der Waals surface area contributed by atoms with Crippen LogP contribution in [-0.2, 0) is 6.42 Å². The molecule has 0 fully saturated rings. The molecular formula is C20H24ClN5O3. The van der Waals surface area contributed by atoms with E-state index in [1.54, 1.807) is 42.7 Å². The predicted octanol–water partition coefficient (Wildman–Crippen LogP) is 2.55. The molecule has 2 aromatic carbocycles. The number of rotatable bonds is 8. The molecule has 1 atom stereocenters. The number of hydrazone groups is 1. The number of nitrogens with one attached hydrogen (secondary N) is 2. The molecule has 3 N–H and O–H groups in total. The van der Waals surface area contributed by atoms with E-state index in [2.05, 4.69) is 15.7 Å². The number of amides is 2. The lowest BCUT2D eigenvalue weighted by atomic mass is 10.1. The SMILES string of the molecule is COc1ccc(C[C@@H](NC(=O)Nc2ccc(Cl)cc2)N2C=NN(CCO)C2)cc1. The predicted molar refractivity (Wildman–Crippen MR) is 113 cm³/mol. The van der Waals surface area contributed by atoms with Crippen LogP contribution in [0.4, 0.5) is 10.5 Å². The van der Waals surface area contributed by atoms with Gasteiger partial charge in [-0.1, -0.05) is 23.7 Å². The third kappa shape index (κ3) is 6.00. The Morgan fingerprint density at radius 3 is 2.62 bits per heavy atom. The van der Waals surface area contributed by atoms with E-state index in [1.807, 2.05) is 29.2 Å². The van der Waals surface area contributed by atoms with Crippen molar-refractivity contribution < 1.29 is 14.6 Å². The van der Waals surface area contributed by atoms with E-state index in [0.717, 1.165) is 11.3 Å². The van der Waals surface area contributed by atoms with Gasteiger partial charge < -0.3 is 25.4 Å². The van der Waals surface area contributed by atoms with Crippen molar-refractivity contribution in [2.75, 3.05) is 32.2 Å². The van der Waals surface area contributed by atoms with E-state index >= 15 is 0 Å². The molecule has 8 nitrogen and oxygen atoms in total. The fourth-order valence-corrected chi connectivity index (χ4v) is 3.04. The minimum Gasteiger partial charge on any atom is -0.497 e. The van der Waals surface area contributed by atoms with Crippen LogP contribution < -0.4 is 15.4 Å². The summed E-state index contributed by atoms with van der Waals surface area (Å²) in [5.41, 5.74) is 1.68. The molecule has 0 saturated heterocycles. The van der Waals surface area contributed by atoms with Crippen LogP contribution in [0.5, 0.6) is 5.75 Å².